The van der Waals surface area contributed by atoms with Crippen molar-refractivity contribution in [1.82, 2.24) is 20.1 Å². The fourth-order valence-corrected chi connectivity index (χ4v) is 4.09. The number of piperazine rings is 1. The number of nitrogens with one attached hydrogen (secondary N) is 2. The summed E-state index contributed by atoms with van der Waals surface area (Å²) >= 11 is 0. The summed E-state index contributed by atoms with van der Waals surface area (Å²) in [7, 11) is 3.88. The maximum atomic E-state index is 12.7. The maximum absolute atomic E-state index is 12.7. The van der Waals surface area contributed by atoms with E-state index in [1.54, 1.807) is 36.4 Å². The summed E-state index contributed by atoms with van der Waals surface area (Å²) in [6.07, 6.45) is 1.59. The average Bonchev–Trinajstić information content (AvgIpc) is 3.18. The molecule has 1 aliphatic heterocycles. The van der Waals surface area contributed by atoms with Crippen molar-refractivity contribution >= 4 is 40.3 Å². The smallest absolute Gasteiger partial charge is 0.251 e. The standard InChI is InChI=1S/C26H32N6O3/c1-4-27-25(34)18-5-10-21-22(26(35)29-23(21)15-18)16-28-19-6-8-20(9-7-19)31(3)24(33)17-32-13-11-30(2)12-14-32/h5-10,15-16,29,35H,4,11-14,17H2,1-3H3,(H,27,34). The van der Waals surface area contributed by atoms with Gasteiger partial charge in [-0.3, -0.25) is 19.5 Å². The van der Waals surface area contributed by atoms with Gasteiger partial charge in [0, 0.05) is 68.1 Å². The number of aromatic nitrogens is 1. The molecular weight excluding hydrogens is 444 g/mol. The zero-order chi connectivity index (χ0) is 24.9. The summed E-state index contributed by atoms with van der Waals surface area (Å²) in [4.78, 5) is 38.3. The van der Waals surface area contributed by atoms with Gasteiger partial charge in [-0.1, -0.05) is 6.07 Å². The van der Waals surface area contributed by atoms with Gasteiger partial charge in [-0.25, -0.2) is 0 Å². The van der Waals surface area contributed by atoms with Crippen molar-refractivity contribution in [3.8, 4) is 5.88 Å². The molecule has 0 aliphatic carbocycles. The molecule has 1 aliphatic rings. The summed E-state index contributed by atoms with van der Waals surface area (Å²) in [6, 6.07) is 12.6. The van der Waals surface area contributed by atoms with Crippen LogP contribution in [0.3, 0.4) is 0 Å². The van der Waals surface area contributed by atoms with Crippen LogP contribution in [0.1, 0.15) is 22.8 Å². The number of aliphatic imine (C=N–C) groups is 1. The lowest BCUT2D eigenvalue weighted by molar-refractivity contribution is -0.119. The van der Waals surface area contributed by atoms with Crippen molar-refractivity contribution in [2.24, 2.45) is 4.99 Å². The van der Waals surface area contributed by atoms with Gasteiger partial charge in [0.05, 0.1) is 17.8 Å². The predicted molar refractivity (Wildman–Crippen MR) is 139 cm³/mol. The van der Waals surface area contributed by atoms with Crippen LogP contribution in [0.5, 0.6) is 5.88 Å². The highest BCUT2D eigenvalue weighted by atomic mass is 16.3. The Morgan fingerprint density at radius 3 is 2.54 bits per heavy atom. The Hall–Kier alpha value is -3.69. The normalized spacial score (nSPS) is 15.1. The van der Waals surface area contributed by atoms with Gasteiger partial charge in [0.25, 0.3) is 5.91 Å². The van der Waals surface area contributed by atoms with Gasteiger partial charge < -0.3 is 25.2 Å². The highest BCUT2D eigenvalue weighted by Gasteiger charge is 2.19. The van der Waals surface area contributed by atoms with E-state index in [9.17, 15) is 14.7 Å². The zero-order valence-electron chi connectivity index (χ0n) is 20.4. The largest absolute Gasteiger partial charge is 0.494 e. The molecule has 0 spiro atoms. The highest BCUT2D eigenvalue weighted by molar-refractivity contribution is 6.05. The first-order chi connectivity index (χ1) is 16.9. The molecule has 4 rings (SSSR count). The second-order valence-corrected chi connectivity index (χ2v) is 8.81. The Labute approximate surface area is 205 Å². The number of aromatic hydroxyl groups is 1. The number of benzene rings is 2. The number of carbonyl (C=O) groups is 2. The van der Waals surface area contributed by atoms with Crippen LogP contribution in [-0.4, -0.2) is 91.3 Å². The van der Waals surface area contributed by atoms with Crippen molar-refractivity contribution < 1.29 is 14.7 Å². The second-order valence-electron chi connectivity index (χ2n) is 8.81. The van der Waals surface area contributed by atoms with Crippen LogP contribution in [0.2, 0.25) is 0 Å². The molecule has 0 unspecified atom stereocenters. The minimum atomic E-state index is -0.161. The lowest BCUT2D eigenvalue weighted by atomic mass is 10.1. The number of H-pyrrole nitrogens is 1. The van der Waals surface area contributed by atoms with E-state index >= 15 is 0 Å². The van der Waals surface area contributed by atoms with E-state index in [0.717, 1.165) is 37.3 Å². The summed E-state index contributed by atoms with van der Waals surface area (Å²) in [5.74, 6) is -0.116. The van der Waals surface area contributed by atoms with Gasteiger partial charge in [0.1, 0.15) is 0 Å². The number of hydrogen-bond acceptors (Lipinski definition) is 6. The van der Waals surface area contributed by atoms with Crippen LogP contribution < -0.4 is 10.2 Å². The summed E-state index contributed by atoms with van der Waals surface area (Å²) in [5.41, 5.74) is 3.22. The van der Waals surface area contributed by atoms with Crippen molar-refractivity contribution in [3.05, 3.63) is 53.6 Å². The van der Waals surface area contributed by atoms with Gasteiger partial charge in [-0.05, 0) is 50.4 Å². The number of carbonyl (C=O) groups excluding carboxylic acids is 2. The molecule has 2 aromatic carbocycles. The molecule has 3 aromatic rings. The van der Waals surface area contributed by atoms with E-state index in [1.807, 2.05) is 31.2 Å². The van der Waals surface area contributed by atoms with Crippen LogP contribution >= 0.6 is 0 Å². The topological polar surface area (TPSA) is 104 Å². The maximum Gasteiger partial charge on any atom is 0.251 e. The van der Waals surface area contributed by atoms with Crippen LogP contribution in [-0.2, 0) is 4.79 Å². The van der Waals surface area contributed by atoms with Gasteiger partial charge in [-0.15, -0.1) is 0 Å². The van der Waals surface area contributed by atoms with Crippen molar-refractivity contribution in [2.75, 3.05) is 58.3 Å². The van der Waals surface area contributed by atoms with Crippen LogP contribution in [0, 0.1) is 0 Å². The Morgan fingerprint density at radius 2 is 1.86 bits per heavy atom. The van der Waals surface area contributed by atoms with Crippen LogP contribution in [0.15, 0.2) is 47.5 Å². The summed E-state index contributed by atoms with van der Waals surface area (Å²) < 4.78 is 0. The first-order valence-corrected chi connectivity index (χ1v) is 11.8. The lowest BCUT2D eigenvalue weighted by Crippen LogP contribution is -2.48. The third-order valence-electron chi connectivity index (χ3n) is 6.33. The Morgan fingerprint density at radius 1 is 1.14 bits per heavy atom. The number of amides is 2. The third kappa shape index (κ3) is 5.70. The molecule has 1 aromatic heterocycles. The lowest BCUT2D eigenvalue weighted by Gasteiger charge is -2.32. The zero-order valence-corrected chi connectivity index (χ0v) is 20.4. The number of likely N-dealkylation sites (N-methyl/N-ethyl adjacent to an activating group) is 2. The van der Waals surface area contributed by atoms with Gasteiger partial charge in [0.15, 0.2) is 5.88 Å². The average molecular weight is 477 g/mol. The minimum absolute atomic E-state index is 0.0114. The number of hydrogen-bond donors (Lipinski definition) is 3. The predicted octanol–water partition coefficient (Wildman–Crippen LogP) is 2.58. The molecule has 0 saturated carbocycles. The number of rotatable bonds is 7. The minimum Gasteiger partial charge on any atom is -0.494 e. The third-order valence-corrected chi connectivity index (χ3v) is 6.33. The van der Waals surface area contributed by atoms with Gasteiger partial charge in [-0.2, -0.15) is 0 Å². The highest BCUT2D eigenvalue weighted by Crippen LogP contribution is 2.27. The molecule has 184 valence electrons. The fourth-order valence-electron chi connectivity index (χ4n) is 4.09. The molecule has 1 saturated heterocycles. The second kappa shape index (κ2) is 10.7. The molecule has 9 nitrogen and oxygen atoms in total. The Bertz CT molecular complexity index is 1230. The molecule has 0 bridgehead atoms. The van der Waals surface area contributed by atoms with E-state index < -0.39 is 0 Å². The summed E-state index contributed by atoms with van der Waals surface area (Å²) in [5, 5.41) is 13.9. The molecule has 2 heterocycles. The number of nitrogens with zero attached hydrogens (tertiary/aromatic N) is 4. The van der Waals surface area contributed by atoms with Crippen molar-refractivity contribution in [3.63, 3.8) is 0 Å². The molecule has 2 amide bonds. The summed E-state index contributed by atoms with van der Waals surface area (Å²) in [6.45, 7) is 6.57. The Balaban J connectivity index is 1.43. The number of anilines is 1. The number of aromatic amines is 1. The monoisotopic (exact) mass is 476 g/mol. The SMILES string of the molecule is CCNC(=O)c1ccc2c(C=Nc3ccc(N(C)C(=O)CN4CCN(C)CC4)cc3)c(O)[nH]c2c1. The van der Waals surface area contributed by atoms with Crippen molar-refractivity contribution in [1.29, 1.82) is 0 Å². The quantitative estimate of drug-likeness (QED) is 0.455. The molecule has 9 heteroatoms. The number of fused-ring (bicyclic) bond motifs is 1. The Kier molecular flexibility index (Phi) is 7.48. The molecule has 3 N–H and O–H groups in total. The van der Waals surface area contributed by atoms with E-state index in [1.165, 1.54) is 0 Å². The van der Waals surface area contributed by atoms with Crippen LogP contribution in [0.4, 0.5) is 11.4 Å². The van der Waals surface area contributed by atoms with E-state index in [4.69, 9.17) is 0 Å². The molecule has 0 radical (unpaired) electrons. The van der Waals surface area contributed by atoms with Gasteiger partial charge >= 0.3 is 0 Å². The van der Waals surface area contributed by atoms with E-state index in [2.05, 4.69) is 32.1 Å². The van der Waals surface area contributed by atoms with E-state index in [-0.39, 0.29) is 17.7 Å². The molecule has 1 fully saturated rings. The van der Waals surface area contributed by atoms with Gasteiger partial charge in [0.2, 0.25) is 5.91 Å². The fraction of sp³-hybridized carbons (Fsp3) is 0.346. The first kappa shape index (κ1) is 24.4. The van der Waals surface area contributed by atoms with Crippen molar-refractivity contribution in [2.45, 2.75) is 6.92 Å². The molecule has 35 heavy (non-hydrogen) atoms. The van der Waals surface area contributed by atoms with Crippen LogP contribution in [0.25, 0.3) is 10.9 Å². The molecular formula is C26H32N6O3. The van der Waals surface area contributed by atoms with E-state index in [0.29, 0.717) is 35.4 Å². The first-order valence-electron chi connectivity index (χ1n) is 11.8. The molecule has 0 atom stereocenters.